The van der Waals surface area contributed by atoms with Gasteiger partial charge >= 0.3 is 11.9 Å². The summed E-state index contributed by atoms with van der Waals surface area (Å²) in [6.07, 6.45) is 0.270. The van der Waals surface area contributed by atoms with Crippen molar-refractivity contribution in [2.24, 2.45) is 5.73 Å². The number of hydrogen-bond acceptors (Lipinski definition) is 5. The van der Waals surface area contributed by atoms with Gasteiger partial charge in [-0.3, -0.25) is 9.59 Å². The first-order chi connectivity index (χ1) is 6.10. The average molecular weight is 188 g/mol. The van der Waals surface area contributed by atoms with Crippen LogP contribution in [0, 0.1) is 0 Å². The van der Waals surface area contributed by atoms with Gasteiger partial charge in [0.15, 0.2) is 0 Å². The molecule has 0 fully saturated rings. The number of hydrogen-bond donors (Lipinski definition) is 2. The van der Waals surface area contributed by atoms with Crippen molar-refractivity contribution in [2.45, 2.75) is 25.8 Å². The fourth-order valence-corrected chi connectivity index (χ4v) is 0.690. The van der Waals surface area contributed by atoms with Crippen LogP contribution in [0.25, 0.3) is 0 Å². The normalized spacial score (nSPS) is 12.2. The zero-order valence-corrected chi connectivity index (χ0v) is 8.00. The molecule has 3 N–H and O–H groups in total. The minimum atomic E-state index is -0.559. The van der Waals surface area contributed by atoms with Crippen molar-refractivity contribution < 1.29 is 14.3 Å². The van der Waals surface area contributed by atoms with Gasteiger partial charge in [-0.1, -0.05) is 0 Å². The highest BCUT2D eigenvalue weighted by molar-refractivity contribution is 5.85. The summed E-state index contributed by atoms with van der Waals surface area (Å²) in [6, 6.07) is 0.0122. The van der Waals surface area contributed by atoms with Crippen molar-refractivity contribution >= 4 is 11.9 Å². The average Bonchev–Trinajstić information content (AvgIpc) is 2.04. The fourth-order valence-electron chi connectivity index (χ4n) is 0.690. The van der Waals surface area contributed by atoms with Crippen LogP contribution in [-0.2, 0) is 14.3 Å². The molecule has 13 heavy (non-hydrogen) atoms. The van der Waals surface area contributed by atoms with E-state index in [1.165, 1.54) is 0 Å². The Morgan fingerprint density at radius 1 is 1.46 bits per heavy atom. The molecule has 5 heteroatoms. The first kappa shape index (κ1) is 12.1. The second kappa shape index (κ2) is 6.56. The first-order valence-electron chi connectivity index (χ1n) is 4.21. The lowest BCUT2D eigenvalue weighted by Gasteiger charge is -2.07. The molecule has 0 aliphatic heterocycles. The maximum absolute atomic E-state index is 11.0. The van der Waals surface area contributed by atoms with Gasteiger partial charge in [-0.2, -0.15) is 0 Å². The molecule has 0 radical (unpaired) electrons. The number of nitrogens with two attached hydrogens (primary N) is 1. The Labute approximate surface area is 77.6 Å². The van der Waals surface area contributed by atoms with Crippen LogP contribution in [0.5, 0.6) is 0 Å². The van der Waals surface area contributed by atoms with Crippen molar-refractivity contribution in [1.82, 2.24) is 5.32 Å². The lowest BCUT2D eigenvalue weighted by atomic mass is 10.2. The van der Waals surface area contributed by atoms with Crippen LogP contribution in [-0.4, -0.2) is 31.6 Å². The van der Waals surface area contributed by atoms with Gasteiger partial charge in [0.05, 0.1) is 12.8 Å². The van der Waals surface area contributed by atoms with Crippen LogP contribution in [0.3, 0.4) is 0 Å². The Morgan fingerprint density at radius 2 is 2.08 bits per heavy atom. The molecule has 5 nitrogen and oxygen atoms in total. The summed E-state index contributed by atoms with van der Waals surface area (Å²) >= 11 is 0. The van der Waals surface area contributed by atoms with Gasteiger partial charge in [0.1, 0.15) is 0 Å². The summed E-state index contributed by atoms with van der Waals surface area (Å²) < 4.78 is 4.47. The van der Waals surface area contributed by atoms with Gasteiger partial charge in [0.25, 0.3) is 0 Å². The van der Waals surface area contributed by atoms with Crippen LogP contribution < -0.4 is 11.1 Å². The quantitative estimate of drug-likeness (QED) is 0.445. The summed E-state index contributed by atoms with van der Waals surface area (Å²) in [4.78, 5) is 21.8. The summed E-state index contributed by atoms with van der Waals surface area (Å²) in [5, 5.41) is 2.86. The van der Waals surface area contributed by atoms with Crippen LogP contribution in [0.1, 0.15) is 19.8 Å². The second-order valence-electron chi connectivity index (χ2n) is 2.78. The van der Waals surface area contributed by atoms with Gasteiger partial charge in [0.2, 0.25) is 0 Å². The topological polar surface area (TPSA) is 81.4 Å². The monoisotopic (exact) mass is 188 g/mol. The molecule has 0 bridgehead atoms. The summed E-state index contributed by atoms with van der Waals surface area (Å²) in [5.41, 5.74) is 5.11. The SMILES string of the molecule is CNC(C)CC(=O)OC(=O)CCN. The molecule has 0 saturated heterocycles. The molecule has 0 aliphatic rings. The highest BCUT2D eigenvalue weighted by Gasteiger charge is 2.12. The van der Waals surface area contributed by atoms with E-state index in [0.717, 1.165) is 0 Å². The van der Waals surface area contributed by atoms with Crippen molar-refractivity contribution in [2.75, 3.05) is 13.6 Å². The van der Waals surface area contributed by atoms with E-state index in [9.17, 15) is 9.59 Å². The molecule has 0 heterocycles. The number of ether oxygens (including phenoxy) is 1. The molecule has 0 aromatic carbocycles. The van der Waals surface area contributed by atoms with E-state index in [1.807, 2.05) is 6.92 Å². The molecule has 0 saturated carbocycles. The zero-order valence-electron chi connectivity index (χ0n) is 8.00. The number of rotatable bonds is 5. The molecule has 0 aliphatic carbocycles. The molecule has 0 amide bonds. The van der Waals surface area contributed by atoms with Gasteiger partial charge in [0, 0.05) is 12.6 Å². The summed E-state index contributed by atoms with van der Waals surface area (Å²) in [7, 11) is 1.74. The van der Waals surface area contributed by atoms with E-state index in [2.05, 4.69) is 10.1 Å². The standard InChI is InChI=1S/C8H16N2O3/c1-6(10-2)5-8(12)13-7(11)3-4-9/h6,10H,3-5,9H2,1-2H3. The molecule has 0 rings (SSSR count). The Bertz CT molecular complexity index is 182. The predicted molar refractivity (Wildman–Crippen MR) is 47.9 cm³/mol. The Morgan fingerprint density at radius 3 is 2.54 bits per heavy atom. The van der Waals surface area contributed by atoms with Crippen LogP contribution >= 0.6 is 0 Å². The number of nitrogens with one attached hydrogen (secondary N) is 1. The van der Waals surface area contributed by atoms with Crippen molar-refractivity contribution in [3.8, 4) is 0 Å². The molecular formula is C8H16N2O3. The van der Waals surface area contributed by atoms with Gasteiger partial charge in [-0.25, -0.2) is 0 Å². The smallest absolute Gasteiger partial charge is 0.315 e. The molecule has 1 unspecified atom stereocenters. The molecular weight excluding hydrogens is 172 g/mol. The maximum Gasteiger partial charge on any atom is 0.315 e. The third-order valence-corrected chi connectivity index (χ3v) is 1.54. The highest BCUT2D eigenvalue weighted by atomic mass is 16.6. The van der Waals surface area contributed by atoms with Crippen molar-refractivity contribution in [1.29, 1.82) is 0 Å². The van der Waals surface area contributed by atoms with E-state index < -0.39 is 11.9 Å². The van der Waals surface area contributed by atoms with Crippen molar-refractivity contribution in [3.63, 3.8) is 0 Å². The van der Waals surface area contributed by atoms with E-state index in [0.29, 0.717) is 0 Å². The maximum atomic E-state index is 11.0. The fraction of sp³-hybridized carbons (Fsp3) is 0.750. The van der Waals surface area contributed by atoms with Crippen LogP contribution in [0.4, 0.5) is 0 Å². The van der Waals surface area contributed by atoms with Gasteiger partial charge in [-0.15, -0.1) is 0 Å². The lowest BCUT2D eigenvalue weighted by molar-refractivity contribution is -0.159. The molecule has 0 spiro atoms. The number of carbonyl (C=O) groups excluding carboxylic acids is 2. The third kappa shape index (κ3) is 6.24. The second-order valence-corrected chi connectivity index (χ2v) is 2.78. The zero-order chi connectivity index (χ0) is 10.3. The molecule has 76 valence electrons. The summed E-state index contributed by atoms with van der Waals surface area (Å²) in [6.45, 7) is 2.03. The Hall–Kier alpha value is -0.940. The van der Waals surface area contributed by atoms with Crippen LogP contribution in [0.2, 0.25) is 0 Å². The van der Waals surface area contributed by atoms with E-state index >= 15 is 0 Å². The highest BCUT2D eigenvalue weighted by Crippen LogP contribution is 1.94. The van der Waals surface area contributed by atoms with Gasteiger partial charge in [-0.05, 0) is 14.0 Å². The Kier molecular flexibility index (Phi) is 6.09. The number of esters is 2. The van der Waals surface area contributed by atoms with Crippen LogP contribution in [0.15, 0.2) is 0 Å². The number of carbonyl (C=O) groups is 2. The lowest BCUT2D eigenvalue weighted by Crippen LogP contribution is -2.27. The van der Waals surface area contributed by atoms with Crippen molar-refractivity contribution in [3.05, 3.63) is 0 Å². The first-order valence-corrected chi connectivity index (χ1v) is 4.21. The molecule has 0 aromatic rings. The minimum absolute atomic E-state index is 0.0122. The molecule has 1 atom stereocenters. The minimum Gasteiger partial charge on any atom is -0.393 e. The predicted octanol–water partition coefficient (Wildman–Crippen LogP) is -0.597. The molecule has 0 aromatic heterocycles. The van der Waals surface area contributed by atoms with E-state index in [4.69, 9.17) is 5.73 Å². The van der Waals surface area contributed by atoms with E-state index in [1.54, 1.807) is 7.05 Å². The Balaban J connectivity index is 3.67. The largest absolute Gasteiger partial charge is 0.393 e. The van der Waals surface area contributed by atoms with E-state index in [-0.39, 0.29) is 25.4 Å². The summed E-state index contributed by atoms with van der Waals surface area (Å²) in [5.74, 6) is -1.07. The van der Waals surface area contributed by atoms with Gasteiger partial charge < -0.3 is 15.8 Å². The third-order valence-electron chi connectivity index (χ3n) is 1.54.